The molecule has 116 valence electrons. The summed E-state index contributed by atoms with van der Waals surface area (Å²) in [7, 11) is 0. The lowest BCUT2D eigenvalue weighted by molar-refractivity contribution is 0.441. The fourth-order valence-electron chi connectivity index (χ4n) is 2.08. The monoisotopic (exact) mass is 428 g/mol. The Kier molecular flexibility index (Phi) is 6.08. The summed E-state index contributed by atoms with van der Waals surface area (Å²) in [5.41, 5.74) is 0.868. The third-order valence-corrected chi connectivity index (χ3v) is 4.09. The molecule has 0 spiro atoms. The Balaban J connectivity index is 2.32. The van der Waals surface area contributed by atoms with Crippen LogP contribution in [0.25, 0.3) is 0 Å². The van der Waals surface area contributed by atoms with Crippen molar-refractivity contribution in [1.29, 1.82) is 0 Å². The molecule has 0 saturated heterocycles. The van der Waals surface area contributed by atoms with Crippen LogP contribution in [0.2, 0.25) is 0 Å². The Labute approximate surface area is 145 Å². The van der Waals surface area contributed by atoms with Gasteiger partial charge in [-0.3, -0.25) is 0 Å². The van der Waals surface area contributed by atoms with E-state index in [-0.39, 0.29) is 11.3 Å². The molecule has 0 radical (unpaired) electrons. The quantitative estimate of drug-likeness (QED) is 0.529. The molecule has 6 heteroatoms. The molecule has 0 bridgehead atoms. The molecule has 0 amide bonds. The van der Waals surface area contributed by atoms with E-state index in [0.717, 1.165) is 10.9 Å². The summed E-state index contributed by atoms with van der Waals surface area (Å²) in [5.74, 6) is -0.597. The van der Waals surface area contributed by atoms with Gasteiger partial charge in [-0.1, -0.05) is 45.2 Å². The first-order valence-corrected chi connectivity index (χ1v) is 8.44. The van der Waals surface area contributed by atoms with E-state index in [1.165, 1.54) is 12.1 Å². The second-order valence-electron chi connectivity index (χ2n) is 4.82. The number of halogens is 3. The molecule has 0 heterocycles. The standard InChI is InChI=1S/C16H15Br2FN2O/c1-2-3-14(16-13(19)8-11(18)9-15(16)22)21-20-12-6-4-10(17)5-7-12/h4-9,14,22H,2-3H2,1H3. The third kappa shape index (κ3) is 4.36. The number of benzene rings is 2. The van der Waals surface area contributed by atoms with E-state index < -0.39 is 11.9 Å². The summed E-state index contributed by atoms with van der Waals surface area (Å²) in [5, 5.41) is 18.4. The van der Waals surface area contributed by atoms with Crippen LogP contribution in [-0.2, 0) is 0 Å². The van der Waals surface area contributed by atoms with Crippen LogP contribution in [0.1, 0.15) is 31.4 Å². The molecule has 0 aromatic heterocycles. The highest BCUT2D eigenvalue weighted by molar-refractivity contribution is 9.10. The molecule has 0 saturated carbocycles. The maximum Gasteiger partial charge on any atom is 0.133 e. The Bertz CT molecular complexity index is 651. The van der Waals surface area contributed by atoms with E-state index in [4.69, 9.17) is 0 Å². The van der Waals surface area contributed by atoms with Crippen molar-refractivity contribution in [2.24, 2.45) is 10.2 Å². The van der Waals surface area contributed by atoms with Crippen LogP contribution in [-0.4, -0.2) is 5.11 Å². The van der Waals surface area contributed by atoms with Crippen LogP contribution >= 0.6 is 31.9 Å². The average molecular weight is 430 g/mol. The van der Waals surface area contributed by atoms with Crippen molar-refractivity contribution in [2.45, 2.75) is 25.8 Å². The Morgan fingerprint density at radius 2 is 1.82 bits per heavy atom. The van der Waals surface area contributed by atoms with Crippen molar-refractivity contribution in [1.82, 2.24) is 0 Å². The van der Waals surface area contributed by atoms with Gasteiger partial charge in [0.1, 0.15) is 17.6 Å². The van der Waals surface area contributed by atoms with Gasteiger partial charge < -0.3 is 5.11 Å². The number of hydrogen-bond acceptors (Lipinski definition) is 3. The van der Waals surface area contributed by atoms with Crippen LogP contribution in [0, 0.1) is 5.82 Å². The average Bonchev–Trinajstić information content (AvgIpc) is 2.45. The van der Waals surface area contributed by atoms with Crippen LogP contribution in [0.4, 0.5) is 10.1 Å². The van der Waals surface area contributed by atoms with E-state index in [1.807, 2.05) is 31.2 Å². The molecule has 0 aliphatic carbocycles. The minimum Gasteiger partial charge on any atom is -0.507 e. The lowest BCUT2D eigenvalue weighted by Crippen LogP contribution is -1.99. The van der Waals surface area contributed by atoms with Gasteiger partial charge >= 0.3 is 0 Å². The fourth-order valence-corrected chi connectivity index (χ4v) is 2.76. The van der Waals surface area contributed by atoms with Gasteiger partial charge in [0.2, 0.25) is 0 Å². The first-order valence-electron chi connectivity index (χ1n) is 6.85. The number of hydrogen-bond donors (Lipinski definition) is 1. The van der Waals surface area contributed by atoms with Crippen LogP contribution in [0.5, 0.6) is 5.75 Å². The maximum atomic E-state index is 14.2. The molecule has 0 aliphatic rings. The second kappa shape index (κ2) is 7.83. The predicted octanol–water partition coefficient (Wildman–Crippen LogP) is 6.68. The molecule has 2 rings (SSSR count). The molecule has 2 aromatic rings. The summed E-state index contributed by atoms with van der Waals surface area (Å²) in [6, 6.07) is 9.63. The van der Waals surface area contributed by atoms with E-state index in [1.54, 1.807) is 0 Å². The van der Waals surface area contributed by atoms with Gasteiger partial charge in [0, 0.05) is 8.95 Å². The van der Waals surface area contributed by atoms with Gasteiger partial charge in [-0.25, -0.2) is 4.39 Å². The van der Waals surface area contributed by atoms with Gasteiger partial charge in [0.05, 0.1) is 11.3 Å². The first-order chi connectivity index (χ1) is 10.5. The molecular formula is C16H15Br2FN2O. The Morgan fingerprint density at radius 1 is 1.14 bits per heavy atom. The van der Waals surface area contributed by atoms with Crippen molar-refractivity contribution >= 4 is 37.5 Å². The molecule has 2 aromatic carbocycles. The molecule has 0 fully saturated rings. The highest BCUT2D eigenvalue weighted by Crippen LogP contribution is 2.36. The van der Waals surface area contributed by atoms with Gasteiger partial charge in [-0.15, -0.1) is 0 Å². The second-order valence-corrected chi connectivity index (χ2v) is 6.65. The van der Waals surface area contributed by atoms with Gasteiger partial charge in [-0.05, 0) is 42.8 Å². The predicted molar refractivity (Wildman–Crippen MR) is 92.1 cm³/mol. The van der Waals surface area contributed by atoms with Crippen LogP contribution in [0.15, 0.2) is 55.6 Å². The number of nitrogens with zero attached hydrogens (tertiary/aromatic N) is 2. The molecular weight excluding hydrogens is 415 g/mol. The smallest absolute Gasteiger partial charge is 0.133 e. The molecule has 1 unspecified atom stereocenters. The summed E-state index contributed by atoms with van der Waals surface area (Å²) in [6.07, 6.45) is 1.41. The third-order valence-electron chi connectivity index (χ3n) is 3.11. The van der Waals surface area contributed by atoms with E-state index in [9.17, 15) is 9.50 Å². The zero-order valence-electron chi connectivity index (χ0n) is 11.9. The largest absolute Gasteiger partial charge is 0.507 e. The van der Waals surface area contributed by atoms with Crippen molar-refractivity contribution in [3.8, 4) is 5.75 Å². The minimum absolute atomic E-state index is 0.111. The van der Waals surface area contributed by atoms with E-state index in [0.29, 0.717) is 16.6 Å². The molecule has 22 heavy (non-hydrogen) atoms. The Hall–Kier alpha value is -1.27. The zero-order valence-corrected chi connectivity index (χ0v) is 15.1. The summed E-state index contributed by atoms with van der Waals surface area (Å²) < 4.78 is 15.6. The number of aromatic hydroxyl groups is 1. The summed E-state index contributed by atoms with van der Waals surface area (Å²) in [4.78, 5) is 0. The lowest BCUT2D eigenvalue weighted by Gasteiger charge is -2.14. The first kappa shape index (κ1) is 17.1. The van der Waals surface area contributed by atoms with Gasteiger partial charge in [-0.2, -0.15) is 10.2 Å². The number of phenols is 1. The minimum atomic E-state index is -0.512. The van der Waals surface area contributed by atoms with Crippen molar-refractivity contribution in [2.75, 3.05) is 0 Å². The highest BCUT2D eigenvalue weighted by atomic mass is 79.9. The summed E-state index contributed by atoms with van der Waals surface area (Å²) >= 11 is 6.51. The van der Waals surface area contributed by atoms with Gasteiger partial charge in [0.25, 0.3) is 0 Å². The van der Waals surface area contributed by atoms with Crippen molar-refractivity contribution < 1.29 is 9.50 Å². The molecule has 0 aliphatic heterocycles. The zero-order chi connectivity index (χ0) is 16.1. The van der Waals surface area contributed by atoms with Crippen molar-refractivity contribution in [3.05, 3.63) is 56.7 Å². The van der Waals surface area contributed by atoms with Crippen molar-refractivity contribution in [3.63, 3.8) is 0 Å². The number of azo groups is 1. The topological polar surface area (TPSA) is 45.0 Å². The molecule has 1 atom stereocenters. The van der Waals surface area contributed by atoms with Gasteiger partial charge in [0.15, 0.2) is 0 Å². The summed E-state index contributed by atoms with van der Waals surface area (Å²) in [6.45, 7) is 1.98. The highest BCUT2D eigenvalue weighted by Gasteiger charge is 2.20. The number of rotatable bonds is 5. The SMILES string of the molecule is CCCC(N=Nc1ccc(Br)cc1)c1c(O)cc(Br)cc1F. The maximum absolute atomic E-state index is 14.2. The van der Waals surface area contributed by atoms with Crippen LogP contribution < -0.4 is 0 Å². The lowest BCUT2D eigenvalue weighted by atomic mass is 10.0. The Morgan fingerprint density at radius 3 is 2.41 bits per heavy atom. The van der Waals surface area contributed by atoms with Crippen LogP contribution in [0.3, 0.4) is 0 Å². The number of phenolic OH excluding ortho intramolecular Hbond substituents is 1. The molecule has 1 N–H and O–H groups in total. The van der Waals surface area contributed by atoms with E-state index in [2.05, 4.69) is 42.1 Å². The normalized spacial score (nSPS) is 12.7. The van der Waals surface area contributed by atoms with E-state index >= 15 is 0 Å². The fraction of sp³-hybridized carbons (Fsp3) is 0.250. The molecule has 3 nitrogen and oxygen atoms in total.